The molecule has 3 rings (SSSR count). The highest BCUT2D eigenvalue weighted by molar-refractivity contribution is 5.92. The Hall–Kier alpha value is -4.29. The summed E-state index contributed by atoms with van der Waals surface area (Å²) >= 11 is 0. The van der Waals surface area contributed by atoms with E-state index in [0.717, 1.165) is 0 Å². The number of amides is 1. The van der Waals surface area contributed by atoms with Gasteiger partial charge >= 0.3 is 11.5 Å². The Morgan fingerprint density at radius 3 is 2.63 bits per heavy atom. The van der Waals surface area contributed by atoms with Gasteiger partial charge in [0.1, 0.15) is 5.69 Å². The zero-order chi connectivity index (χ0) is 21.7. The number of para-hydroxylation sites is 2. The van der Waals surface area contributed by atoms with Gasteiger partial charge in [-0.15, -0.1) is 0 Å². The minimum Gasteiger partial charge on any atom is -0.464 e. The minimum absolute atomic E-state index is 0.0905. The highest BCUT2D eigenvalue weighted by atomic mass is 16.6. The first-order valence-corrected chi connectivity index (χ1v) is 8.72. The van der Waals surface area contributed by atoms with Crippen LogP contribution in [0.1, 0.15) is 16.2 Å². The van der Waals surface area contributed by atoms with Crippen LogP contribution in [-0.4, -0.2) is 41.9 Å². The van der Waals surface area contributed by atoms with Crippen LogP contribution in [0.5, 0.6) is 5.75 Å². The van der Waals surface area contributed by atoms with Crippen LogP contribution in [0, 0.1) is 27.2 Å². The molecule has 3 aromatic rings. The van der Waals surface area contributed by atoms with E-state index in [0.29, 0.717) is 5.69 Å². The molecule has 0 unspecified atom stereocenters. The van der Waals surface area contributed by atoms with Crippen molar-refractivity contribution in [2.45, 2.75) is 20.2 Å². The summed E-state index contributed by atoms with van der Waals surface area (Å²) in [6.07, 6.45) is 1.50. The Morgan fingerprint density at radius 2 is 1.93 bits per heavy atom. The molecule has 2 aromatic heterocycles. The highest BCUT2D eigenvalue weighted by Crippen LogP contribution is 2.25. The van der Waals surface area contributed by atoms with Crippen molar-refractivity contribution in [2.24, 2.45) is 0 Å². The van der Waals surface area contributed by atoms with Crippen LogP contribution < -0.4 is 10.1 Å². The number of nitrogens with one attached hydrogen (secondary N) is 1. The lowest BCUT2D eigenvalue weighted by Gasteiger charge is -2.06. The van der Waals surface area contributed by atoms with Crippen LogP contribution in [0.4, 0.5) is 11.5 Å². The number of hydrogen-bond donors (Lipinski definition) is 1. The van der Waals surface area contributed by atoms with Gasteiger partial charge in [0.2, 0.25) is 0 Å². The molecule has 0 spiro atoms. The van der Waals surface area contributed by atoms with Crippen LogP contribution in [0.3, 0.4) is 0 Å². The first kappa shape index (κ1) is 20.4. The number of aryl methyl sites for hydroxylation is 1. The smallest absolute Gasteiger partial charge is 0.390 e. The topological polar surface area (TPSA) is 160 Å². The molecular formula is C17H17N7O6. The quantitative estimate of drug-likeness (QED) is 0.408. The Morgan fingerprint density at radius 1 is 1.17 bits per heavy atom. The second-order valence-electron chi connectivity index (χ2n) is 6.12. The van der Waals surface area contributed by atoms with Gasteiger partial charge < -0.3 is 20.2 Å². The molecule has 2 heterocycles. The Kier molecular flexibility index (Phi) is 6.00. The molecule has 0 aliphatic heterocycles. The molecule has 1 N–H and O–H groups in total. The molecule has 30 heavy (non-hydrogen) atoms. The van der Waals surface area contributed by atoms with Gasteiger partial charge in [-0.1, -0.05) is 12.1 Å². The summed E-state index contributed by atoms with van der Waals surface area (Å²) < 4.78 is 8.17. The van der Waals surface area contributed by atoms with E-state index in [-0.39, 0.29) is 42.8 Å². The van der Waals surface area contributed by atoms with E-state index in [9.17, 15) is 25.0 Å². The molecule has 13 heteroatoms. The maximum absolute atomic E-state index is 12.2. The van der Waals surface area contributed by atoms with Gasteiger partial charge in [0, 0.05) is 18.8 Å². The van der Waals surface area contributed by atoms with Gasteiger partial charge in [-0.2, -0.15) is 9.78 Å². The first-order chi connectivity index (χ1) is 14.3. The van der Waals surface area contributed by atoms with E-state index >= 15 is 0 Å². The molecule has 0 aliphatic rings. The Balaban J connectivity index is 1.53. The van der Waals surface area contributed by atoms with Crippen LogP contribution in [0.15, 0.2) is 42.6 Å². The lowest BCUT2D eigenvalue weighted by Crippen LogP contribution is -2.28. The molecule has 1 aromatic carbocycles. The molecule has 13 nitrogen and oxygen atoms in total. The van der Waals surface area contributed by atoms with Gasteiger partial charge in [0.15, 0.2) is 12.5 Å². The van der Waals surface area contributed by atoms with Crippen molar-refractivity contribution in [3.8, 4) is 5.75 Å². The number of benzene rings is 1. The number of nitrogens with zero attached hydrogens (tertiary/aromatic N) is 6. The fourth-order valence-corrected chi connectivity index (χ4v) is 2.59. The zero-order valence-corrected chi connectivity index (χ0v) is 15.8. The monoisotopic (exact) mass is 415 g/mol. The lowest BCUT2D eigenvalue weighted by atomic mass is 10.3. The van der Waals surface area contributed by atoms with Crippen molar-refractivity contribution in [1.82, 2.24) is 24.9 Å². The number of carbonyl (C=O) groups is 1. The van der Waals surface area contributed by atoms with Crippen LogP contribution >= 0.6 is 0 Å². The van der Waals surface area contributed by atoms with Crippen molar-refractivity contribution in [3.63, 3.8) is 0 Å². The molecule has 0 bridgehead atoms. The normalized spacial score (nSPS) is 10.6. The van der Waals surface area contributed by atoms with Crippen LogP contribution in [0.25, 0.3) is 0 Å². The summed E-state index contributed by atoms with van der Waals surface area (Å²) in [4.78, 5) is 32.8. The second kappa shape index (κ2) is 8.81. The van der Waals surface area contributed by atoms with Crippen molar-refractivity contribution in [2.75, 3.05) is 6.54 Å². The highest BCUT2D eigenvalue weighted by Gasteiger charge is 2.16. The summed E-state index contributed by atoms with van der Waals surface area (Å²) in [5.41, 5.74) is 0.563. The van der Waals surface area contributed by atoms with Crippen molar-refractivity contribution in [1.29, 1.82) is 0 Å². The summed E-state index contributed by atoms with van der Waals surface area (Å²) in [6.45, 7) is 2.01. The minimum atomic E-state index is -0.582. The molecule has 0 radical (unpaired) electrons. The predicted molar refractivity (Wildman–Crippen MR) is 102 cm³/mol. The summed E-state index contributed by atoms with van der Waals surface area (Å²) in [6, 6.07) is 8.76. The molecule has 1 amide bonds. The number of ether oxygens (including phenoxy) is 1. The standard InChI is InChI=1S/C17H17N7O6/c1-12-10-16(24(28)29)20-22(12)9-7-18-17(25)13-6-8-21(19-13)11-30-15-5-3-2-4-14(15)23(26)27/h2-6,8,10H,7,9,11H2,1H3,(H,18,25). The van der Waals surface area contributed by atoms with Gasteiger partial charge in [-0.25, -0.2) is 4.68 Å². The van der Waals surface area contributed by atoms with E-state index < -0.39 is 15.8 Å². The molecular weight excluding hydrogens is 398 g/mol. The van der Waals surface area contributed by atoms with Crippen LogP contribution in [0.2, 0.25) is 0 Å². The summed E-state index contributed by atoms with van der Waals surface area (Å²) in [7, 11) is 0. The molecule has 0 saturated carbocycles. The largest absolute Gasteiger partial charge is 0.464 e. The third kappa shape index (κ3) is 4.76. The van der Waals surface area contributed by atoms with Gasteiger partial charge in [-0.3, -0.25) is 14.9 Å². The number of nitro groups is 2. The number of hydrogen-bond acceptors (Lipinski definition) is 8. The van der Waals surface area contributed by atoms with Crippen LogP contribution in [-0.2, 0) is 13.3 Å². The number of rotatable bonds is 9. The van der Waals surface area contributed by atoms with Gasteiger partial charge in [0.25, 0.3) is 5.91 Å². The van der Waals surface area contributed by atoms with E-state index in [1.807, 2.05) is 0 Å². The number of nitro benzene ring substituents is 1. The first-order valence-electron chi connectivity index (χ1n) is 8.72. The Labute approximate surface area is 169 Å². The third-order valence-electron chi connectivity index (χ3n) is 4.05. The number of carbonyl (C=O) groups excluding carboxylic acids is 1. The molecule has 0 atom stereocenters. The molecule has 0 saturated heterocycles. The molecule has 0 aliphatic carbocycles. The maximum atomic E-state index is 12.2. The molecule has 156 valence electrons. The van der Waals surface area contributed by atoms with Crippen molar-refractivity contribution < 1.29 is 19.4 Å². The van der Waals surface area contributed by atoms with E-state index in [2.05, 4.69) is 15.5 Å². The lowest BCUT2D eigenvalue weighted by molar-refractivity contribution is -0.389. The predicted octanol–water partition coefficient (Wildman–Crippen LogP) is 1.67. The number of aromatic nitrogens is 4. The fourth-order valence-electron chi connectivity index (χ4n) is 2.59. The maximum Gasteiger partial charge on any atom is 0.390 e. The zero-order valence-electron chi connectivity index (χ0n) is 15.8. The van der Waals surface area contributed by atoms with E-state index in [4.69, 9.17) is 4.74 Å². The average Bonchev–Trinajstić information content (AvgIpc) is 3.33. The van der Waals surface area contributed by atoms with Gasteiger partial charge in [-0.05, 0) is 24.0 Å². The average molecular weight is 415 g/mol. The van der Waals surface area contributed by atoms with Crippen molar-refractivity contribution in [3.05, 3.63) is 74.2 Å². The summed E-state index contributed by atoms with van der Waals surface area (Å²) in [5.74, 6) is -0.609. The fraction of sp³-hybridized carbons (Fsp3) is 0.235. The Bertz CT molecular complexity index is 1090. The second-order valence-corrected chi connectivity index (χ2v) is 6.12. The van der Waals surface area contributed by atoms with E-state index in [1.54, 1.807) is 13.0 Å². The van der Waals surface area contributed by atoms with Crippen molar-refractivity contribution >= 4 is 17.4 Å². The van der Waals surface area contributed by atoms with E-state index in [1.165, 1.54) is 45.9 Å². The van der Waals surface area contributed by atoms with Gasteiger partial charge in [0.05, 0.1) is 28.3 Å². The molecule has 0 fully saturated rings. The summed E-state index contributed by atoms with van der Waals surface area (Å²) in [5, 5.41) is 32.3. The third-order valence-corrected chi connectivity index (χ3v) is 4.05. The SMILES string of the molecule is Cc1cc([N+](=O)[O-])nn1CCNC(=O)c1ccn(COc2ccccc2[N+](=O)[O-])n1.